The molecule has 3 rings (SSSR count). The van der Waals surface area contributed by atoms with Crippen LogP contribution in [0.25, 0.3) is 11.1 Å². The van der Waals surface area contributed by atoms with Crippen molar-refractivity contribution in [3.05, 3.63) is 102 Å². The smallest absolute Gasteiger partial charge is 0.214 e. The first-order valence-electron chi connectivity index (χ1n) is 10.1. The molecule has 0 aromatic heterocycles. The van der Waals surface area contributed by atoms with E-state index in [4.69, 9.17) is 4.74 Å². The van der Waals surface area contributed by atoms with Gasteiger partial charge in [-0.3, -0.25) is 10.6 Å². The minimum atomic E-state index is -0.670. The molecule has 3 aromatic carbocycles. The van der Waals surface area contributed by atoms with Crippen molar-refractivity contribution in [2.45, 2.75) is 26.1 Å². The highest BCUT2D eigenvalue weighted by atomic mass is 16.5. The molecule has 0 saturated carbocycles. The van der Waals surface area contributed by atoms with Gasteiger partial charge in [-0.1, -0.05) is 85.8 Å². The average molecular weight is 387 g/mol. The van der Waals surface area contributed by atoms with E-state index in [2.05, 4.69) is 90.4 Å². The van der Waals surface area contributed by atoms with E-state index >= 15 is 0 Å². The quantitative estimate of drug-likeness (QED) is 0.393. The van der Waals surface area contributed by atoms with Gasteiger partial charge in [-0.15, -0.1) is 0 Å². The summed E-state index contributed by atoms with van der Waals surface area (Å²) in [6.45, 7) is 4.19. The summed E-state index contributed by atoms with van der Waals surface area (Å²) in [5.74, 6) is 0.163. The Balaban J connectivity index is 2.26. The second kappa shape index (κ2) is 9.55. The minimum Gasteiger partial charge on any atom is -0.459 e. The first-order valence-corrected chi connectivity index (χ1v) is 10.1. The number of ether oxygens (including phenoxy) is 1. The maximum atomic E-state index is 6.41. The lowest BCUT2D eigenvalue weighted by atomic mass is 9.88. The predicted molar refractivity (Wildman–Crippen MR) is 123 cm³/mol. The molecule has 0 bridgehead atoms. The molecule has 3 nitrogen and oxygen atoms in total. The summed E-state index contributed by atoms with van der Waals surface area (Å²) in [6.07, 6.45) is 0.915. The summed E-state index contributed by atoms with van der Waals surface area (Å²) < 4.78 is 6.41. The van der Waals surface area contributed by atoms with Crippen molar-refractivity contribution in [3.63, 3.8) is 0 Å². The zero-order valence-corrected chi connectivity index (χ0v) is 17.7. The Bertz CT molecular complexity index is 945. The van der Waals surface area contributed by atoms with Crippen LogP contribution in [0.2, 0.25) is 0 Å². The first-order chi connectivity index (χ1) is 14.1. The van der Waals surface area contributed by atoms with Gasteiger partial charge in [0.1, 0.15) is 5.75 Å². The molecule has 0 aliphatic heterocycles. The monoisotopic (exact) mass is 386 g/mol. The zero-order valence-electron chi connectivity index (χ0n) is 17.7. The SMILES string of the molecule is CC/C(=C(\c1ccccc1)c1ccccc1OC(C)(NC)NC)c1ccccc1. The summed E-state index contributed by atoms with van der Waals surface area (Å²) in [7, 11) is 3.77. The Morgan fingerprint density at radius 1 is 0.759 bits per heavy atom. The van der Waals surface area contributed by atoms with Crippen LogP contribution in [0.15, 0.2) is 84.9 Å². The molecule has 0 saturated heterocycles. The molecule has 0 spiro atoms. The van der Waals surface area contributed by atoms with Crippen LogP contribution in [-0.2, 0) is 0 Å². The highest BCUT2D eigenvalue weighted by Crippen LogP contribution is 2.39. The number of rotatable bonds is 8. The van der Waals surface area contributed by atoms with Crippen LogP contribution in [0.5, 0.6) is 5.75 Å². The van der Waals surface area contributed by atoms with E-state index in [1.165, 1.54) is 22.3 Å². The summed E-state index contributed by atoms with van der Waals surface area (Å²) in [5.41, 5.74) is 5.98. The first kappa shape index (κ1) is 20.8. The van der Waals surface area contributed by atoms with Crippen molar-refractivity contribution in [2.24, 2.45) is 0 Å². The number of benzene rings is 3. The lowest BCUT2D eigenvalue weighted by Crippen LogP contribution is -2.56. The second-order valence-electron chi connectivity index (χ2n) is 7.07. The Morgan fingerprint density at radius 3 is 1.83 bits per heavy atom. The van der Waals surface area contributed by atoms with Crippen molar-refractivity contribution in [3.8, 4) is 5.75 Å². The topological polar surface area (TPSA) is 33.3 Å². The normalized spacial score (nSPS) is 12.4. The van der Waals surface area contributed by atoms with Crippen molar-refractivity contribution in [1.29, 1.82) is 0 Å². The summed E-state index contributed by atoms with van der Waals surface area (Å²) >= 11 is 0. The van der Waals surface area contributed by atoms with Crippen LogP contribution in [0.4, 0.5) is 0 Å². The van der Waals surface area contributed by atoms with Crippen molar-refractivity contribution in [1.82, 2.24) is 10.6 Å². The number of allylic oxidation sites excluding steroid dienone is 1. The molecular formula is C26H30N2O. The maximum absolute atomic E-state index is 6.41. The Morgan fingerprint density at radius 2 is 1.28 bits per heavy atom. The van der Waals surface area contributed by atoms with Crippen LogP contribution < -0.4 is 15.4 Å². The van der Waals surface area contributed by atoms with Gasteiger partial charge >= 0.3 is 0 Å². The van der Waals surface area contributed by atoms with E-state index in [-0.39, 0.29) is 0 Å². The Hall–Kier alpha value is -2.88. The van der Waals surface area contributed by atoms with Gasteiger partial charge in [0, 0.05) is 12.5 Å². The molecule has 29 heavy (non-hydrogen) atoms. The van der Waals surface area contributed by atoms with Gasteiger partial charge in [-0.05, 0) is 48.9 Å². The van der Waals surface area contributed by atoms with E-state index in [0.717, 1.165) is 17.7 Å². The average Bonchev–Trinajstić information content (AvgIpc) is 2.79. The third-order valence-corrected chi connectivity index (χ3v) is 5.26. The molecule has 0 heterocycles. The van der Waals surface area contributed by atoms with Gasteiger partial charge in [0.2, 0.25) is 5.85 Å². The van der Waals surface area contributed by atoms with Crippen molar-refractivity contribution < 1.29 is 4.74 Å². The molecular weight excluding hydrogens is 356 g/mol. The Labute approximate surface area is 174 Å². The van der Waals surface area contributed by atoms with E-state index in [1.807, 2.05) is 33.2 Å². The molecule has 0 unspecified atom stereocenters. The van der Waals surface area contributed by atoms with Gasteiger partial charge < -0.3 is 4.74 Å². The third-order valence-electron chi connectivity index (χ3n) is 5.26. The van der Waals surface area contributed by atoms with E-state index < -0.39 is 5.85 Å². The van der Waals surface area contributed by atoms with Crippen LogP contribution in [0.3, 0.4) is 0 Å². The molecule has 2 N–H and O–H groups in total. The summed E-state index contributed by atoms with van der Waals surface area (Å²) in [6, 6.07) is 29.4. The van der Waals surface area contributed by atoms with Crippen molar-refractivity contribution >= 4 is 11.1 Å². The number of nitrogens with one attached hydrogen (secondary N) is 2. The lowest BCUT2D eigenvalue weighted by molar-refractivity contribution is 0.0322. The molecule has 0 atom stereocenters. The van der Waals surface area contributed by atoms with Gasteiger partial charge in [0.05, 0.1) is 0 Å². The standard InChI is InChI=1S/C26H30N2O/c1-5-22(20-14-8-6-9-15-20)25(21-16-10-7-11-17-21)23-18-12-13-19-24(23)29-26(2,27-3)28-4/h6-19,27-28H,5H2,1-4H3/b25-22-. The molecule has 3 heteroatoms. The largest absolute Gasteiger partial charge is 0.459 e. The van der Waals surface area contributed by atoms with Crippen molar-refractivity contribution in [2.75, 3.05) is 14.1 Å². The lowest BCUT2D eigenvalue weighted by Gasteiger charge is -2.31. The van der Waals surface area contributed by atoms with E-state index in [9.17, 15) is 0 Å². The Kier molecular flexibility index (Phi) is 6.86. The van der Waals surface area contributed by atoms with Gasteiger partial charge in [0.15, 0.2) is 0 Å². The molecule has 0 amide bonds. The van der Waals surface area contributed by atoms with Crippen LogP contribution >= 0.6 is 0 Å². The predicted octanol–water partition coefficient (Wildman–Crippen LogP) is 5.55. The molecule has 0 aliphatic carbocycles. The fraction of sp³-hybridized carbons (Fsp3) is 0.231. The van der Waals surface area contributed by atoms with Crippen LogP contribution in [0.1, 0.15) is 37.0 Å². The molecule has 0 fully saturated rings. The van der Waals surface area contributed by atoms with Gasteiger partial charge in [-0.25, -0.2) is 0 Å². The fourth-order valence-corrected chi connectivity index (χ4v) is 3.47. The number of hydrogen-bond donors (Lipinski definition) is 2. The minimum absolute atomic E-state index is 0.670. The van der Waals surface area contributed by atoms with E-state index in [0.29, 0.717) is 0 Å². The van der Waals surface area contributed by atoms with E-state index in [1.54, 1.807) is 0 Å². The summed E-state index contributed by atoms with van der Waals surface area (Å²) in [5, 5.41) is 6.42. The third kappa shape index (κ3) is 4.76. The molecule has 3 aromatic rings. The van der Waals surface area contributed by atoms with Crippen LogP contribution in [-0.4, -0.2) is 19.9 Å². The van der Waals surface area contributed by atoms with Crippen LogP contribution in [0, 0.1) is 0 Å². The maximum Gasteiger partial charge on any atom is 0.214 e. The zero-order chi connectivity index (χ0) is 20.7. The molecule has 0 aliphatic rings. The number of para-hydroxylation sites is 1. The highest BCUT2D eigenvalue weighted by Gasteiger charge is 2.24. The molecule has 150 valence electrons. The second-order valence-corrected chi connectivity index (χ2v) is 7.07. The fourth-order valence-electron chi connectivity index (χ4n) is 3.47. The summed E-state index contributed by atoms with van der Waals surface area (Å²) in [4.78, 5) is 0. The molecule has 0 radical (unpaired) electrons. The van der Waals surface area contributed by atoms with Gasteiger partial charge in [0.25, 0.3) is 0 Å². The highest BCUT2D eigenvalue weighted by molar-refractivity contribution is 5.99. The number of hydrogen-bond acceptors (Lipinski definition) is 3. The van der Waals surface area contributed by atoms with Gasteiger partial charge in [-0.2, -0.15) is 0 Å².